The summed E-state index contributed by atoms with van der Waals surface area (Å²) >= 11 is 0. The third-order valence-corrected chi connectivity index (χ3v) is 3.34. The molecule has 0 saturated carbocycles. The summed E-state index contributed by atoms with van der Waals surface area (Å²) in [5, 5.41) is 2.99. The Labute approximate surface area is 105 Å². The number of nitrogens with one attached hydrogen (secondary N) is 1. The molecule has 0 bridgehead atoms. The number of hydrogen-bond acceptors (Lipinski definition) is 3. The van der Waals surface area contributed by atoms with Crippen molar-refractivity contribution in [2.24, 2.45) is 11.7 Å². The molecule has 1 rings (SSSR count). The van der Waals surface area contributed by atoms with Crippen molar-refractivity contribution in [1.82, 2.24) is 10.2 Å². The number of nitrogens with two attached hydrogens (primary N) is 1. The Kier molecular flexibility index (Phi) is 6.52. The van der Waals surface area contributed by atoms with Gasteiger partial charge < -0.3 is 16.0 Å². The van der Waals surface area contributed by atoms with Crippen molar-refractivity contribution in [3.8, 4) is 0 Å². The summed E-state index contributed by atoms with van der Waals surface area (Å²) in [5.41, 5.74) is 5.59. The predicted molar refractivity (Wildman–Crippen MR) is 70.7 cm³/mol. The molecule has 1 atom stereocenters. The predicted octanol–water partition coefficient (Wildman–Crippen LogP) is 0.962. The highest BCUT2D eigenvalue weighted by atomic mass is 16.1. The minimum atomic E-state index is -0.0404. The maximum Gasteiger partial charge on any atom is 0.221 e. The Morgan fingerprint density at radius 3 is 2.65 bits per heavy atom. The van der Waals surface area contributed by atoms with Crippen LogP contribution < -0.4 is 11.1 Å². The molecular weight excluding hydrogens is 214 g/mol. The van der Waals surface area contributed by atoms with Gasteiger partial charge in [-0.2, -0.15) is 0 Å². The molecule has 1 heterocycles. The Bertz CT molecular complexity index is 223. The lowest BCUT2D eigenvalue weighted by Crippen LogP contribution is -2.39. The highest BCUT2D eigenvalue weighted by Crippen LogP contribution is 2.16. The third-order valence-electron chi connectivity index (χ3n) is 3.34. The van der Waals surface area contributed by atoms with Crippen LogP contribution in [0.15, 0.2) is 0 Å². The first-order valence-corrected chi connectivity index (χ1v) is 6.86. The smallest absolute Gasteiger partial charge is 0.221 e. The average Bonchev–Trinajstić information content (AvgIpc) is 2.28. The summed E-state index contributed by atoms with van der Waals surface area (Å²) in [6.07, 6.45) is 4.08. The zero-order valence-electron chi connectivity index (χ0n) is 11.2. The molecule has 100 valence electrons. The van der Waals surface area contributed by atoms with Crippen LogP contribution in [-0.2, 0) is 4.79 Å². The fourth-order valence-corrected chi connectivity index (χ4v) is 2.35. The van der Waals surface area contributed by atoms with Crippen molar-refractivity contribution in [3.05, 3.63) is 0 Å². The van der Waals surface area contributed by atoms with E-state index in [2.05, 4.69) is 17.1 Å². The van der Waals surface area contributed by atoms with Gasteiger partial charge in [0.25, 0.3) is 0 Å². The number of amides is 1. The average molecular weight is 241 g/mol. The van der Waals surface area contributed by atoms with Crippen molar-refractivity contribution < 1.29 is 4.79 Å². The molecule has 0 spiro atoms. The Morgan fingerprint density at radius 1 is 1.47 bits per heavy atom. The van der Waals surface area contributed by atoms with Crippen LogP contribution >= 0.6 is 0 Å². The second-order valence-electron chi connectivity index (χ2n) is 5.27. The summed E-state index contributed by atoms with van der Waals surface area (Å²) in [6, 6.07) is -0.0404. The molecule has 4 nitrogen and oxygen atoms in total. The number of likely N-dealkylation sites (tertiary alicyclic amines) is 1. The number of rotatable bonds is 6. The van der Waals surface area contributed by atoms with Crippen molar-refractivity contribution >= 4 is 5.91 Å². The van der Waals surface area contributed by atoms with Crippen LogP contribution in [0.1, 0.15) is 39.5 Å². The molecule has 1 amide bonds. The molecule has 17 heavy (non-hydrogen) atoms. The molecule has 0 radical (unpaired) electrons. The SMILES string of the molecule is CCCN1CCC(CNC(=O)CC(C)N)CC1. The van der Waals surface area contributed by atoms with Gasteiger partial charge in [-0.25, -0.2) is 0 Å². The molecule has 1 unspecified atom stereocenters. The Morgan fingerprint density at radius 2 is 2.12 bits per heavy atom. The van der Waals surface area contributed by atoms with E-state index in [0.29, 0.717) is 12.3 Å². The van der Waals surface area contributed by atoms with E-state index in [1.807, 2.05) is 6.92 Å². The van der Waals surface area contributed by atoms with Gasteiger partial charge in [0, 0.05) is 19.0 Å². The minimum Gasteiger partial charge on any atom is -0.356 e. The van der Waals surface area contributed by atoms with Gasteiger partial charge in [-0.1, -0.05) is 6.92 Å². The van der Waals surface area contributed by atoms with E-state index >= 15 is 0 Å². The molecule has 0 aliphatic carbocycles. The summed E-state index contributed by atoms with van der Waals surface area (Å²) in [6.45, 7) is 8.49. The maximum atomic E-state index is 11.5. The van der Waals surface area contributed by atoms with E-state index in [-0.39, 0.29) is 11.9 Å². The number of piperidine rings is 1. The van der Waals surface area contributed by atoms with Crippen LogP contribution in [0.25, 0.3) is 0 Å². The molecule has 1 aliphatic rings. The highest BCUT2D eigenvalue weighted by molar-refractivity contribution is 5.76. The molecule has 1 saturated heterocycles. The molecular formula is C13H27N3O. The lowest BCUT2D eigenvalue weighted by atomic mass is 9.96. The topological polar surface area (TPSA) is 58.4 Å². The summed E-state index contributed by atoms with van der Waals surface area (Å²) in [7, 11) is 0. The van der Waals surface area contributed by atoms with E-state index in [1.54, 1.807) is 0 Å². The standard InChI is InChI=1S/C13H27N3O/c1-3-6-16-7-4-12(5-8-16)10-15-13(17)9-11(2)14/h11-12H,3-10,14H2,1-2H3,(H,15,17). The van der Waals surface area contributed by atoms with Crippen molar-refractivity contribution in [3.63, 3.8) is 0 Å². The molecule has 4 heteroatoms. The Hall–Kier alpha value is -0.610. The van der Waals surface area contributed by atoms with Gasteiger partial charge in [-0.3, -0.25) is 4.79 Å². The van der Waals surface area contributed by atoms with Crippen LogP contribution in [0, 0.1) is 5.92 Å². The van der Waals surface area contributed by atoms with Crippen LogP contribution in [0.4, 0.5) is 0 Å². The number of carbonyl (C=O) groups excluding carboxylic acids is 1. The van der Waals surface area contributed by atoms with Gasteiger partial charge in [0.15, 0.2) is 0 Å². The van der Waals surface area contributed by atoms with Gasteiger partial charge in [0.1, 0.15) is 0 Å². The summed E-state index contributed by atoms with van der Waals surface area (Å²) in [5.74, 6) is 0.746. The van der Waals surface area contributed by atoms with E-state index in [0.717, 1.165) is 6.54 Å². The second kappa shape index (κ2) is 7.67. The minimum absolute atomic E-state index is 0.0404. The van der Waals surface area contributed by atoms with Gasteiger partial charge >= 0.3 is 0 Å². The largest absolute Gasteiger partial charge is 0.356 e. The van der Waals surface area contributed by atoms with Crippen LogP contribution in [0.3, 0.4) is 0 Å². The van der Waals surface area contributed by atoms with Crippen LogP contribution in [-0.4, -0.2) is 43.0 Å². The van der Waals surface area contributed by atoms with E-state index in [1.165, 1.54) is 38.9 Å². The van der Waals surface area contributed by atoms with Crippen molar-refractivity contribution in [2.75, 3.05) is 26.2 Å². The first kappa shape index (κ1) is 14.5. The highest BCUT2D eigenvalue weighted by Gasteiger charge is 2.18. The molecule has 0 aromatic carbocycles. The molecule has 3 N–H and O–H groups in total. The zero-order valence-corrected chi connectivity index (χ0v) is 11.2. The quantitative estimate of drug-likeness (QED) is 0.728. The molecule has 0 aromatic rings. The van der Waals surface area contributed by atoms with Crippen LogP contribution in [0.2, 0.25) is 0 Å². The maximum absolute atomic E-state index is 11.5. The molecule has 1 aliphatic heterocycles. The number of nitrogens with zero attached hydrogens (tertiary/aromatic N) is 1. The van der Waals surface area contributed by atoms with Crippen molar-refractivity contribution in [1.29, 1.82) is 0 Å². The normalized spacial score (nSPS) is 20.2. The lowest BCUT2D eigenvalue weighted by molar-refractivity contribution is -0.121. The first-order valence-electron chi connectivity index (χ1n) is 6.86. The zero-order chi connectivity index (χ0) is 12.7. The van der Waals surface area contributed by atoms with Gasteiger partial charge in [-0.15, -0.1) is 0 Å². The summed E-state index contributed by atoms with van der Waals surface area (Å²) < 4.78 is 0. The number of hydrogen-bond donors (Lipinski definition) is 2. The fourth-order valence-electron chi connectivity index (χ4n) is 2.35. The molecule has 0 aromatic heterocycles. The monoisotopic (exact) mass is 241 g/mol. The third kappa shape index (κ3) is 6.03. The number of carbonyl (C=O) groups is 1. The van der Waals surface area contributed by atoms with E-state index < -0.39 is 0 Å². The van der Waals surface area contributed by atoms with Crippen LogP contribution in [0.5, 0.6) is 0 Å². The lowest BCUT2D eigenvalue weighted by Gasteiger charge is -2.31. The van der Waals surface area contributed by atoms with Gasteiger partial charge in [0.05, 0.1) is 0 Å². The van der Waals surface area contributed by atoms with Crippen molar-refractivity contribution in [2.45, 2.75) is 45.6 Å². The van der Waals surface area contributed by atoms with E-state index in [4.69, 9.17) is 5.73 Å². The van der Waals surface area contributed by atoms with E-state index in [9.17, 15) is 4.79 Å². The fraction of sp³-hybridized carbons (Fsp3) is 0.923. The second-order valence-corrected chi connectivity index (χ2v) is 5.27. The van der Waals surface area contributed by atoms with Gasteiger partial charge in [0.2, 0.25) is 5.91 Å². The summed E-state index contributed by atoms with van der Waals surface area (Å²) in [4.78, 5) is 14.0. The Balaban J connectivity index is 2.11. The molecule has 1 fully saturated rings. The first-order chi connectivity index (χ1) is 8.11. The van der Waals surface area contributed by atoms with Gasteiger partial charge in [-0.05, 0) is 51.7 Å².